The van der Waals surface area contributed by atoms with Gasteiger partial charge < -0.3 is 14.8 Å². The number of halogens is 1. The van der Waals surface area contributed by atoms with Crippen LogP contribution in [0.25, 0.3) is 21.3 Å². The van der Waals surface area contributed by atoms with Gasteiger partial charge in [-0.25, -0.2) is 9.97 Å². The van der Waals surface area contributed by atoms with Crippen molar-refractivity contribution in [3.05, 3.63) is 52.1 Å². The highest BCUT2D eigenvalue weighted by molar-refractivity contribution is 6.31. The third-order valence-electron chi connectivity index (χ3n) is 3.45. The SMILES string of the molecule is COc1cc2ncnc(Nc3cc(Cl)cc(N=[N+]=[N-])c3)c2cc1OC. The first-order chi connectivity index (χ1) is 12.1. The lowest BCUT2D eigenvalue weighted by molar-refractivity contribution is 0.356. The second-order valence-electron chi connectivity index (χ2n) is 4.96. The van der Waals surface area contributed by atoms with Crippen molar-refractivity contribution < 1.29 is 9.47 Å². The molecule has 126 valence electrons. The number of fused-ring (bicyclic) bond motifs is 1. The Balaban J connectivity index is 2.09. The Bertz CT molecular complexity index is 988. The minimum atomic E-state index is 0.398. The summed E-state index contributed by atoms with van der Waals surface area (Å²) in [6, 6.07) is 8.49. The van der Waals surface area contributed by atoms with E-state index in [0.29, 0.717) is 39.2 Å². The number of aromatic nitrogens is 2. The Kier molecular flexibility index (Phi) is 4.74. The molecule has 1 N–H and O–H groups in total. The zero-order valence-corrected chi connectivity index (χ0v) is 14.2. The summed E-state index contributed by atoms with van der Waals surface area (Å²) in [5, 5.41) is 7.91. The van der Waals surface area contributed by atoms with Crippen molar-refractivity contribution in [3.8, 4) is 11.5 Å². The Hall–Kier alpha value is -3.22. The van der Waals surface area contributed by atoms with Crippen molar-refractivity contribution in [3.63, 3.8) is 0 Å². The molecule has 0 atom stereocenters. The number of hydrogen-bond acceptors (Lipinski definition) is 6. The molecule has 0 saturated heterocycles. The molecule has 0 unspecified atom stereocenters. The van der Waals surface area contributed by atoms with Crippen molar-refractivity contribution in [2.24, 2.45) is 5.11 Å². The highest BCUT2D eigenvalue weighted by atomic mass is 35.5. The van der Waals surface area contributed by atoms with Crippen LogP contribution in [0.4, 0.5) is 17.2 Å². The van der Waals surface area contributed by atoms with E-state index in [4.69, 9.17) is 26.6 Å². The van der Waals surface area contributed by atoms with Gasteiger partial charge in [-0.2, -0.15) is 0 Å². The van der Waals surface area contributed by atoms with E-state index < -0.39 is 0 Å². The summed E-state index contributed by atoms with van der Waals surface area (Å²) >= 11 is 6.06. The number of methoxy groups -OCH3 is 2. The Labute approximate surface area is 148 Å². The molecule has 2 aromatic carbocycles. The number of rotatable bonds is 5. The first-order valence-corrected chi connectivity index (χ1v) is 7.52. The summed E-state index contributed by atoms with van der Waals surface area (Å²) in [4.78, 5) is 11.3. The third-order valence-corrected chi connectivity index (χ3v) is 3.66. The first-order valence-electron chi connectivity index (χ1n) is 7.14. The first kappa shape index (κ1) is 16.6. The molecule has 0 spiro atoms. The summed E-state index contributed by atoms with van der Waals surface area (Å²) < 4.78 is 10.6. The van der Waals surface area contributed by atoms with Crippen LogP contribution < -0.4 is 14.8 Å². The number of nitrogens with zero attached hydrogens (tertiary/aromatic N) is 5. The summed E-state index contributed by atoms with van der Waals surface area (Å²) in [6.45, 7) is 0. The lowest BCUT2D eigenvalue weighted by atomic mass is 10.2. The molecular formula is C16H13ClN6O2. The summed E-state index contributed by atoms with van der Waals surface area (Å²) in [6.07, 6.45) is 1.44. The molecule has 3 rings (SSSR count). The molecule has 0 aliphatic heterocycles. The Morgan fingerprint density at radius 1 is 1.08 bits per heavy atom. The molecule has 3 aromatic rings. The molecule has 9 heteroatoms. The van der Waals surface area contributed by atoms with Gasteiger partial charge >= 0.3 is 0 Å². The van der Waals surface area contributed by atoms with Gasteiger partial charge in [-0.1, -0.05) is 16.7 Å². The normalized spacial score (nSPS) is 10.2. The summed E-state index contributed by atoms with van der Waals surface area (Å²) in [5.74, 6) is 1.70. The van der Waals surface area contributed by atoms with Gasteiger partial charge in [-0.05, 0) is 29.8 Å². The molecular weight excluding hydrogens is 344 g/mol. The van der Waals surface area contributed by atoms with Crippen LogP contribution in [0.3, 0.4) is 0 Å². The molecule has 1 heterocycles. The third kappa shape index (κ3) is 3.50. The number of nitrogens with one attached hydrogen (secondary N) is 1. The van der Waals surface area contributed by atoms with E-state index in [0.717, 1.165) is 5.39 Å². The molecule has 0 bridgehead atoms. The van der Waals surface area contributed by atoms with Crippen LogP contribution in [0, 0.1) is 0 Å². The summed E-state index contributed by atoms with van der Waals surface area (Å²) in [5.41, 5.74) is 10.3. The maximum atomic E-state index is 8.59. The lowest BCUT2D eigenvalue weighted by Crippen LogP contribution is -1.98. The number of ether oxygens (including phenoxy) is 2. The second-order valence-corrected chi connectivity index (χ2v) is 5.40. The van der Waals surface area contributed by atoms with E-state index in [9.17, 15) is 0 Å². The fourth-order valence-electron chi connectivity index (χ4n) is 2.38. The van der Waals surface area contributed by atoms with Crippen LogP contribution in [0.15, 0.2) is 41.8 Å². The number of azide groups is 1. The van der Waals surface area contributed by atoms with Gasteiger partial charge in [0.05, 0.1) is 19.7 Å². The smallest absolute Gasteiger partial charge is 0.162 e. The Morgan fingerprint density at radius 3 is 2.56 bits per heavy atom. The van der Waals surface area contributed by atoms with Crippen LogP contribution >= 0.6 is 11.6 Å². The van der Waals surface area contributed by atoms with Crippen molar-refractivity contribution >= 4 is 39.7 Å². The second kappa shape index (κ2) is 7.12. The molecule has 0 radical (unpaired) electrons. The van der Waals surface area contributed by atoms with Crippen LogP contribution in [0.2, 0.25) is 5.02 Å². The maximum absolute atomic E-state index is 8.59. The van der Waals surface area contributed by atoms with Gasteiger partial charge in [0.15, 0.2) is 11.5 Å². The fourth-order valence-corrected chi connectivity index (χ4v) is 2.60. The van der Waals surface area contributed by atoms with Gasteiger partial charge in [0.2, 0.25) is 0 Å². The van der Waals surface area contributed by atoms with Crippen LogP contribution in [-0.2, 0) is 0 Å². The van der Waals surface area contributed by atoms with Crippen molar-refractivity contribution in [1.82, 2.24) is 9.97 Å². The molecule has 25 heavy (non-hydrogen) atoms. The van der Waals surface area contributed by atoms with Gasteiger partial charge in [0.1, 0.15) is 12.1 Å². The van der Waals surface area contributed by atoms with E-state index in [-0.39, 0.29) is 0 Å². The number of hydrogen-bond donors (Lipinski definition) is 1. The quantitative estimate of drug-likeness (QED) is 0.394. The van der Waals surface area contributed by atoms with Gasteiger partial charge in [-0.3, -0.25) is 0 Å². The average molecular weight is 357 g/mol. The number of benzene rings is 2. The van der Waals surface area contributed by atoms with Crippen LogP contribution in [-0.4, -0.2) is 24.2 Å². The van der Waals surface area contributed by atoms with Crippen LogP contribution in [0.1, 0.15) is 0 Å². The topological polar surface area (TPSA) is 105 Å². The maximum Gasteiger partial charge on any atom is 0.162 e. The van der Waals surface area contributed by atoms with Gasteiger partial charge in [0, 0.05) is 32.8 Å². The fraction of sp³-hybridized carbons (Fsp3) is 0.125. The lowest BCUT2D eigenvalue weighted by Gasteiger charge is -2.12. The highest BCUT2D eigenvalue weighted by Crippen LogP contribution is 2.35. The molecule has 0 aliphatic rings. The minimum absolute atomic E-state index is 0.398. The van der Waals surface area contributed by atoms with Crippen LogP contribution in [0.5, 0.6) is 11.5 Å². The molecule has 0 aliphatic carbocycles. The summed E-state index contributed by atoms with van der Waals surface area (Å²) in [7, 11) is 3.12. The van der Waals surface area contributed by atoms with Gasteiger partial charge in [-0.15, -0.1) is 0 Å². The predicted octanol–water partition coefficient (Wildman–Crippen LogP) is 4.99. The zero-order valence-electron chi connectivity index (χ0n) is 13.4. The standard InChI is InChI=1S/C16H13ClN6O2/c1-24-14-6-12-13(7-15(14)25-2)19-8-20-16(12)21-10-3-9(17)4-11(5-10)22-23-18/h3-8H,1-2H3,(H,19,20,21). The molecule has 0 amide bonds. The highest BCUT2D eigenvalue weighted by Gasteiger charge is 2.11. The molecule has 0 saturated carbocycles. The predicted molar refractivity (Wildman–Crippen MR) is 96.2 cm³/mol. The number of anilines is 2. The van der Waals surface area contributed by atoms with E-state index in [1.165, 1.54) is 6.33 Å². The zero-order chi connectivity index (χ0) is 17.8. The van der Waals surface area contributed by atoms with E-state index in [1.54, 1.807) is 44.6 Å². The van der Waals surface area contributed by atoms with E-state index >= 15 is 0 Å². The molecule has 8 nitrogen and oxygen atoms in total. The van der Waals surface area contributed by atoms with Crippen molar-refractivity contribution in [1.29, 1.82) is 0 Å². The minimum Gasteiger partial charge on any atom is -0.493 e. The Morgan fingerprint density at radius 2 is 1.84 bits per heavy atom. The van der Waals surface area contributed by atoms with Crippen molar-refractivity contribution in [2.75, 3.05) is 19.5 Å². The monoisotopic (exact) mass is 356 g/mol. The van der Waals surface area contributed by atoms with Gasteiger partial charge in [0.25, 0.3) is 0 Å². The van der Waals surface area contributed by atoms with Crippen molar-refractivity contribution in [2.45, 2.75) is 0 Å². The van der Waals surface area contributed by atoms with E-state index in [2.05, 4.69) is 25.3 Å². The average Bonchev–Trinajstić information content (AvgIpc) is 2.60. The van der Waals surface area contributed by atoms with E-state index in [1.807, 2.05) is 0 Å². The molecule has 1 aromatic heterocycles. The largest absolute Gasteiger partial charge is 0.493 e. The molecule has 0 fully saturated rings.